The van der Waals surface area contributed by atoms with Crippen LogP contribution in [0.2, 0.25) is 0 Å². The Kier molecular flexibility index (Phi) is 3.48. The predicted octanol–water partition coefficient (Wildman–Crippen LogP) is 3.25. The second-order valence-corrected chi connectivity index (χ2v) is 4.73. The Morgan fingerprint density at radius 2 is 2.06 bits per heavy atom. The molecule has 1 aromatic carbocycles. The third-order valence-corrected chi connectivity index (χ3v) is 3.74. The monoisotopic (exact) mass is 249 g/mol. The van der Waals surface area contributed by atoms with Gasteiger partial charge in [-0.1, -0.05) is 12.8 Å². The zero-order valence-corrected chi connectivity index (χ0v) is 10.6. The topological polar surface area (TPSA) is 38.7 Å². The van der Waals surface area contributed by atoms with E-state index in [1.165, 1.54) is 13.2 Å². The Bertz CT molecular complexity index is 501. The van der Waals surface area contributed by atoms with Crippen LogP contribution in [-0.4, -0.2) is 13.2 Å². The molecule has 3 nitrogen and oxygen atoms in total. The second kappa shape index (κ2) is 4.91. The first-order valence-electron chi connectivity index (χ1n) is 6.06. The van der Waals surface area contributed by atoms with Crippen molar-refractivity contribution in [2.24, 2.45) is 4.99 Å². The molecule has 0 aromatic heterocycles. The first-order chi connectivity index (χ1) is 8.63. The molecular formula is C14H16FNO2. The summed E-state index contributed by atoms with van der Waals surface area (Å²) < 4.78 is 19.0. The fourth-order valence-corrected chi connectivity index (χ4v) is 2.65. The zero-order chi connectivity index (χ0) is 13.2. The average molecular weight is 249 g/mol. The van der Waals surface area contributed by atoms with Gasteiger partial charge in [-0.05, 0) is 37.5 Å². The zero-order valence-electron chi connectivity index (χ0n) is 10.6. The number of rotatable bonds is 3. The molecule has 0 heterocycles. The molecule has 18 heavy (non-hydrogen) atoms. The molecule has 0 unspecified atom stereocenters. The Balaban J connectivity index is 2.55. The Labute approximate surface area is 106 Å². The molecule has 0 bridgehead atoms. The number of benzene rings is 1. The fourth-order valence-electron chi connectivity index (χ4n) is 2.65. The molecule has 0 atom stereocenters. The number of carbonyl (C=O) groups excluding carboxylic acids is 1. The van der Waals surface area contributed by atoms with Crippen molar-refractivity contribution >= 4 is 6.08 Å². The maximum atomic E-state index is 13.9. The minimum absolute atomic E-state index is 0.322. The summed E-state index contributed by atoms with van der Waals surface area (Å²) in [5.74, 6) is 0.175. The molecule has 0 N–H and O–H groups in total. The Morgan fingerprint density at radius 1 is 1.39 bits per heavy atom. The van der Waals surface area contributed by atoms with E-state index in [9.17, 15) is 9.18 Å². The third-order valence-electron chi connectivity index (χ3n) is 3.74. The van der Waals surface area contributed by atoms with Gasteiger partial charge < -0.3 is 4.74 Å². The smallest absolute Gasteiger partial charge is 0.235 e. The molecule has 0 saturated heterocycles. The lowest BCUT2D eigenvalue weighted by molar-refractivity contribution is 0.399. The largest absolute Gasteiger partial charge is 0.496 e. The first kappa shape index (κ1) is 12.8. The van der Waals surface area contributed by atoms with Crippen molar-refractivity contribution in [2.45, 2.75) is 38.1 Å². The van der Waals surface area contributed by atoms with E-state index in [0.717, 1.165) is 25.7 Å². The molecule has 1 aliphatic rings. The molecule has 4 heteroatoms. The quantitative estimate of drug-likeness (QED) is 0.609. The van der Waals surface area contributed by atoms with Crippen LogP contribution in [0.1, 0.15) is 36.8 Å². The van der Waals surface area contributed by atoms with E-state index in [-0.39, 0.29) is 5.82 Å². The van der Waals surface area contributed by atoms with Gasteiger partial charge in [0, 0.05) is 5.56 Å². The van der Waals surface area contributed by atoms with Crippen LogP contribution in [0, 0.1) is 12.7 Å². The van der Waals surface area contributed by atoms with Gasteiger partial charge in [0.25, 0.3) is 0 Å². The fraction of sp³-hybridized carbons (Fsp3) is 0.500. The van der Waals surface area contributed by atoms with Gasteiger partial charge in [0.05, 0.1) is 12.6 Å². The summed E-state index contributed by atoms with van der Waals surface area (Å²) >= 11 is 0. The third kappa shape index (κ3) is 2.04. The molecule has 1 saturated carbocycles. The predicted molar refractivity (Wildman–Crippen MR) is 66.0 cm³/mol. The van der Waals surface area contributed by atoms with Crippen molar-refractivity contribution in [1.29, 1.82) is 0 Å². The van der Waals surface area contributed by atoms with E-state index in [4.69, 9.17) is 4.74 Å². The van der Waals surface area contributed by atoms with Crippen molar-refractivity contribution in [3.63, 3.8) is 0 Å². The van der Waals surface area contributed by atoms with E-state index >= 15 is 0 Å². The lowest BCUT2D eigenvalue weighted by Crippen LogP contribution is -2.19. The molecule has 0 amide bonds. The maximum Gasteiger partial charge on any atom is 0.235 e. The highest BCUT2D eigenvalue weighted by Gasteiger charge is 2.36. The number of ether oxygens (including phenoxy) is 1. The molecule has 2 rings (SSSR count). The lowest BCUT2D eigenvalue weighted by Gasteiger charge is -2.24. The summed E-state index contributed by atoms with van der Waals surface area (Å²) in [4.78, 5) is 14.6. The number of methoxy groups -OCH3 is 1. The number of isocyanates is 1. The summed E-state index contributed by atoms with van der Waals surface area (Å²) in [6.07, 6.45) is 5.13. The van der Waals surface area contributed by atoms with Crippen molar-refractivity contribution in [3.05, 3.63) is 29.1 Å². The van der Waals surface area contributed by atoms with Crippen LogP contribution >= 0.6 is 0 Å². The highest BCUT2D eigenvalue weighted by atomic mass is 19.1. The molecule has 96 valence electrons. The van der Waals surface area contributed by atoms with Crippen LogP contribution in [0.25, 0.3) is 0 Å². The van der Waals surface area contributed by atoms with E-state index in [2.05, 4.69) is 4.99 Å². The minimum Gasteiger partial charge on any atom is -0.496 e. The molecule has 0 spiro atoms. The normalized spacial score (nSPS) is 17.3. The van der Waals surface area contributed by atoms with Gasteiger partial charge in [-0.25, -0.2) is 9.18 Å². The SMILES string of the molecule is COc1cc(C2(N=C=O)CCCC2)cc(F)c1C. The van der Waals surface area contributed by atoms with Crippen molar-refractivity contribution < 1.29 is 13.9 Å². The highest BCUT2D eigenvalue weighted by Crippen LogP contribution is 2.43. The van der Waals surface area contributed by atoms with Crippen molar-refractivity contribution in [3.8, 4) is 5.75 Å². The minimum atomic E-state index is -0.608. The van der Waals surface area contributed by atoms with Crippen LogP contribution in [0.5, 0.6) is 5.75 Å². The number of hydrogen-bond donors (Lipinski definition) is 0. The van der Waals surface area contributed by atoms with E-state index < -0.39 is 5.54 Å². The molecule has 0 radical (unpaired) electrons. The Hall–Kier alpha value is -1.67. The maximum absolute atomic E-state index is 13.9. The van der Waals surface area contributed by atoms with Crippen molar-refractivity contribution in [1.82, 2.24) is 0 Å². The number of hydrogen-bond acceptors (Lipinski definition) is 3. The van der Waals surface area contributed by atoms with Gasteiger partial charge in [0.15, 0.2) is 0 Å². The number of halogens is 1. The average Bonchev–Trinajstić information content (AvgIpc) is 2.82. The van der Waals surface area contributed by atoms with Gasteiger partial charge in [-0.2, -0.15) is 4.99 Å². The van der Waals surface area contributed by atoms with E-state index in [1.807, 2.05) is 0 Å². The molecular weight excluding hydrogens is 233 g/mol. The lowest BCUT2D eigenvalue weighted by atomic mass is 9.88. The van der Waals surface area contributed by atoms with Gasteiger partial charge in [-0.3, -0.25) is 0 Å². The molecule has 1 aromatic rings. The summed E-state index contributed by atoms with van der Waals surface area (Å²) in [7, 11) is 1.51. The van der Waals surface area contributed by atoms with Crippen LogP contribution in [0.3, 0.4) is 0 Å². The number of aliphatic imine (C=N–C) groups is 1. The summed E-state index contributed by atoms with van der Waals surface area (Å²) in [5.41, 5.74) is 0.580. The van der Waals surface area contributed by atoms with Gasteiger partial charge in [0.2, 0.25) is 6.08 Å². The van der Waals surface area contributed by atoms with E-state index in [0.29, 0.717) is 16.9 Å². The Morgan fingerprint density at radius 3 is 2.61 bits per heavy atom. The molecule has 1 fully saturated rings. The van der Waals surface area contributed by atoms with Crippen LogP contribution in [0.15, 0.2) is 17.1 Å². The molecule has 1 aliphatic carbocycles. The van der Waals surface area contributed by atoms with Crippen LogP contribution < -0.4 is 4.74 Å². The summed E-state index contributed by atoms with van der Waals surface area (Å²) in [5, 5.41) is 0. The summed E-state index contributed by atoms with van der Waals surface area (Å²) in [6, 6.07) is 3.24. The van der Waals surface area contributed by atoms with E-state index in [1.54, 1.807) is 19.1 Å². The van der Waals surface area contributed by atoms with Gasteiger partial charge in [-0.15, -0.1) is 0 Å². The van der Waals surface area contributed by atoms with Gasteiger partial charge >= 0.3 is 0 Å². The summed E-state index contributed by atoms with van der Waals surface area (Å²) in [6.45, 7) is 1.67. The number of nitrogens with zero attached hydrogens (tertiary/aromatic N) is 1. The first-order valence-corrected chi connectivity index (χ1v) is 6.06. The highest BCUT2D eigenvalue weighted by molar-refractivity contribution is 5.44. The van der Waals surface area contributed by atoms with Gasteiger partial charge in [0.1, 0.15) is 11.6 Å². The van der Waals surface area contributed by atoms with Crippen LogP contribution in [-0.2, 0) is 10.3 Å². The standard InChI is InChI=1S/C14H16FNO2/c1-10-12(15)7-11(8-13(10)18-2)14(16-9-17)5-3-4-6-14/h7-8H,3-6H2,1-2H3. The molecule has 0 aliphatic heterocycles. The van der Waals surface area contributed by atoms with Crippen LogP contribution in [0.4, 0.5) is 4.39 Å². The van der Waals surface area contributed by atoms with Crippen molar-refractivity contribution in [2.75, 3.05) is 7.11 Å². The second-order valence-electron chi connectivity index (χ2n) is 4.73.